The summed E-state index contributed by atoms with van der Waals surface area (Å²) in [5.74, 6) is 0.739. The van der Waals surface area contributed by atoms with Gasteiger partial charge >= 0.3 is 6.03 Å². The van der Waals surface area contributed by atoms with Gasteiger partial charge in [0, 0.05) is 38.3 Å². The Morgan fingerprint density at radius 1 is 1.39 bits per heavy atom. The molecule has 0 aliphatic heterocycles. The van der Waals surface area contributed by atoms with Crippen LogP contribution in [0.15, 0.2) is 12.3 Å². The van der Waals surface area contributed by atoms with E-state index in [0.717, 1.165) is 29.5 Å². The lowest BCUT2D eigenvalue weighted by Crippen LogP contribution is -2.30. The van der Waals surface area contributed by atoms with Gasteiger partial charge in [0.1, 0.15) is 5.01 Å². The first kappa shape index (κ1) is 15.9. The smallest absolute Gasteiger partial charge is 0.321 e. The maximum Gasteiger partial charge on any atom is 0.321 e. The second kappa shape index (κ2) is 7.54. The van der Waals surface area contributed by atoms with Gasteiger partial charge in [-0.05, 0) is 12.0 Å². The highest BCUT2D eigenvalue weighted by molar-refractivity contribution is 7.15. The van der Waals surface area contributed by atoms with Crippen molar-refractivity contribution in [2.24, 2.45) is 13.0 Å². The van der Waals surface area contributed by atoms with Gasteiger partial charge in [-0.15, -0.1) is 10.2 Å². The molecule has 0 bridgehead atoms. The van der Waals surface area contributed by atoms with Crippen LogP contribution in [0.1, 0.15) is 36.4 Å². The fourth-order valence-corrected chi connectivity index (χ4v) is 3.79. The van der Waals surface area contributed by atoms with Crippen molar-refractivity contribution in [1.82, 2.24) is 25.3 Å². The first-order valence-electron chi connectivity index (χ1n) is 8.05. The molecule has 0 unspecified atom stereocenters. The summed E-state index contributed by atoms with van der Waals surface area (Å²) in [6.07, 6.45) is 8.71. The lowest BCUT2D eigenvalue weighted by molar-refractivity contribution is 0.252. The van der Waals surface area contributed by atoms with Crippen LogP contribution in [0, 0.1) is 5.92 Å². The van der Waals surface area contributed by atoms with E-state index in [1.165, 1.54) is 37.0 Å². The number of carbonyl (C=O) groups is 1. The third-order valence-electron chi connectivity index (χ3n) is 4.21. The molecule has 2 aromatic rings. The minimum Gasteiger partial charge on any atom is -0.337 e. The van der Waals surface area contributed by atoms with E-state index in [4.69, 9.17) is 0 Å². The molecular formula is C15H22N6OS. The molecule has 23 heavy (non-hydrogen) atoms. The zero-order chi connectivity index (χ0) is 16.1. The van der Waals surface area contributed by atoms with Crippen molar-refractivity contribution in [1.29, 1.82) is 0 Å². The molecule has 0 radical (unpaired) electrons. The predicted molar refractivity (Wildman–Crippen MR) is 89.5 cm³/mol. The van der Waals surface area contributed by atoms with Crippen LogP contribution in [-0.2, 0) is 19.9 Å². The SMILES string of the molecule is Cn1nccc1CCNC(=O)Nc1nnc(CC2CCCC2)s1. The monoisotopic (exact) mass is 334 g/mol. The Morgan fingerprint density at radius 2 is 2.22 bits per heavy atom. The van der Waals surface area contributed by atoms with E-state index < -0.39 is 0 Å². The Kier molecular flexibility index (Phi) is 5.22. The number of amides is 2. The number of hydrogen-bond acceptors (Lipinski definition) is 5. The largest absolute Gasteiger partial charge is 0.337 e. The summed E-state index contributed by atoms with van der Waals surface area (Å²) >= 11 is 1.47. The quantitative estimate of drug-likeness (QED) is 0.849. The third-order valence-corrected chi connectivity index (χ3v) is 5.08. The molecular weight excluding hydrogens is 312 g/mol. The predicted octanol–water partition coefficient (Wildman–Crippen LogP) is 2.37. The minimum atomic E-state index is -0.240. The van der Waals surface area contributed by atoms with Gasteiger partial charge in [-0.3, -0.25) is 10.00 Å². The Hall–Kier alpha value is -1.96. The van der Waals surface area contributed by atoms with E-state index in [2.05, 4.69) is 25.9 Å². The van der Waals surface area contributed by atoms with Crippen molar-refractivity contribution in [2.45, 2.75) is 38.5 Å². The molecule has 2 heterocycles. The molecule has 8 heteroatoms. The van der Waals surface area contributed by atoms with Crippen LogP contribution in [-0.4, -0.2) is 32.6 Å². The number of rotatable bonds is 6. The number of aromatic nitrogens is 4. The summed E-state index contributed by atoms with van der Waals surface area (Å²) in [4.78, 5) is 11.9. The molecule has 1 aliphatic rings. The summed E-state index contributed by atoms with van der Waals surface area (Å²) < 4.78 is 1.81. The lowest BCUT2D eigenvalue weighted by Gasteiger charge is -2.05. The maximum atomic E-state index is 11.9. The molecule has 0 atom stereocenters. The zero-order valence-electron chi connectivity index (χ0n) is 13.3. The molecule has 1 aliphatic carbocycles. The Morgan fingerprint density at radius 3 is 2.96 bits per heavy atom. The highest BCUT2D eigenvalue weighted by Crippen LogP contribution is 2.29. The highest BCUT2D eigenvalue weighted by atomic mass is 32.1. The van der Waals surface area contributed by atoms with Gasteiger partial charge in [-0.25, -0.2) is 4.79 Å². The van der Waals surface area contributed by atoms with E-state index in [1.54, 1.807) is 10.9 Å². The van der Waals surface area contributed by atoms with Crippen molar-refractivity contribution in [3.8, 4) is 0 Å². The first-order chi connectivity index (χ1) is 11.2. The molecule has 2 aromatic heterocycles. The van der Waals surface area contributed by atoms with Gasteiger partial charge in [0.2, 0.25) is 5.13 Å². The van der Waals surface area contributed by atoms with Gasteiger partial charge in [0.05, 0.1) is 0 Å². The van der Waals surface area contributed by atoms with Gasteiger partial charge in [0.15, 0.2) is 0 Å². The number of urea groups is 1. The topological polar surface area (TPSA) is 84.7 Å². The molecule has 0 spiro atoms. The second-order valence-electron chi connectivity index (χ2n) is 5.93. The molecule has 3 rings (SSSR count). The highest BCUT2D eigenvalue weighted by Gasteiger charge is 2.18. The standard InChI is InChI=1S/C15H22N6OS/c1-21-12(7-9-17-21)6-8-16-14(22)18-15-20-19-13(23-15)10-11-4-2-3-5-11/h7,9,11H,2-6,8,10H2,1H3,(H2,16,18,20,22). The lowest BCUT2D eigenvalue weighted by atomic mass is 10.1. The zero-order valence-corrected chi connectivity index (χ0v) is 14.1. The number of aryl methyl sites for hydroxylation is 1. The average Bonchev–Trinajstić information content (AvgIpc) is 3.24. The molecule has 7 nitrogen and oxygen atoms in total. The van der Waals surface area contributed by atoms with E-state index in [9.17, 15) is 4.79 Å². The van der Waals surface area contributed by atoms with Gasteiger partial charge < -0.3 is 5.32 Å². The van der Waals surface area contributed by atoms with E-state index in [-0.39, 0.29) is 6.03 Å². The van der Waals surface area contributed by atoms with Crippen molar-refractivity contribution in [3.63, 3.8) is 0 Å². The Balaban J connectivity index is 1.41. The third kappa shape index (κ3) is 4.51. The van der Waals surface area contributed by atoms with E-state index in [1.807, 2.05) is 13.1 Å². The molecule has 1 saturated carbocycles. The van der Waals surface area contributed by atoms with Crippen molar-refractivity contribution >= 4 is 22.5 Å². The molecule has 0 aromatic carbocycles. The fraction of sp³-hybridized carbons (Fsp3) is 0.600. The number of carbonyl (C=O) groups excluding carboxylic acids is 1. The van der Waals surface area contributed by atoms with Crippen LogP contribution in [0.25, 0.3) is 0 Å². The number of nitrogens with zero attached hydrogens (tertiary/aromatic N) is 4. The second-order valence-corrected chi connectivity index (χ2v) is 6.99. The molecule has 2 amide bonds. The number of hydrogen-bond donors (Lipinski definition) is 2. The van der Waals surface area contributed by atoms with Crippen LogP contribution >= 0.6 is 11.3 Å². The van der Waals surface area contributed by atoms with Crippen LogP contribution in [0.3, 0.4) is 0 Å². The van der Waals surface area contributed by atoms with Crippen LogP contribution in [0.4, 0.5) is 9.93 Å². The van der Waals surface area contributed by atoms with E-state index >= 15 is 0 Å². The molecule has 124 valence electrons. The van der Waals surface area contributed by atoms with Crippen molar-refractivity contribution in [2.75, 3.05) is 11.9 Å². The molecule has 2 N–H and O–H groups in total. The molecule has 1 fully saturated rings. The summed E-state index contributed by atoms with van der Waals surface area (Å²) in [5, 5.41) is 19.5. The average molecular weight is 334 g/mol. The normalized spacial score (nSPS) is 15.0. The fourth-order valence-electron chi connectivity index (χ4n) is 2.94. The van der Waals surface area contributed by atoms with Crippen molar-refractivity contribution < 1.29 is 4.79 Å². The summed E-state index contributed by atoms with van der Waals surface area (Å²) in [7, 11) is 1.89. The Bertz CT molecular complexity index is 646. The van der Waals surface area contributed by atoms with Crippen molar-refractivity contribution in [3.05, 3.63) is 23.0 Å². The maximum absolute atomic E-state index is 11.9. The van der Waals surface area contributed by atoms with E-state index in [0.29, 0.717) is 11.7 Å². The van der Waals surface area contributed by atoms with Gasteiger partial charge in [-0.2, -0.15) is 5.10 Å². The van der Waals surface area contributed by atoms with Crippen LogP contribution < -0.4 is 10.6 Å². The summed E-state index contributed by atoms with van der Waals surface area (Å²) in [5.41, 5.74) is 1.08. The summed E-state index contributed by atoms with van der Waals surface area (Å²) in [6.45, 7) is 0.555. The van der Waals surface area contributed by atoms with Gasteiger partial charge in [-0.1, -0.05) is 37.0 Å². The van der Waals surface area contributed by atoms with Crippen LogP contribution in [0.5, 0.6) is 0 Å². The molecule has 0 saturated heterocycles. The van der Waals surface area contributed by atoms with Gasteiger partial charge in [0.25, 0.3) is 0 Å². The van der Waals surface area contributed by atoms with Crippen LogP contribution in [0.2, 0.25) is 0 Å². The number of nitrogens with one attached hydrogen (secondary N) is 2. The Labute approximate surface area is 139 Å². The number of anilines is 1. The minimum absolute atomic E-state index is 0.240. The first-order valence-corrected chi connectivity index (χ1v) is 8.86. The summed E-state index contributed by atoms with van der Waals surface area (Å²) in [6, 6.07) is 1.70.